The first-order valence-electron chi connectivity index (χ1n) is 8.54. The van der Waals surface area contributed by atoms with Gasteiger partial charge in [0.25, 0.3) is 5.56 Å². The van der Waals surface area contributed by atoms with Crippen LogP contribution in [0, 0.1) is 6.92 Å². The number of hydrogen-bond donors (Lipinski definition) is 1. The Kier molecular flexibility index (Phi) is 5.74. The molecule has 0 bridgehead atoms. The van der Waals surface area contributed by atoms with E-state index in [1.807, 2.05) is 0 Å². The number of hydrogen-bond acceptors (Lipinski definition) is 7. The number of nitrogens with one attached hydrogen (secondary N) is 1. The zero-order valence-corrected chi connectivity index (χ0v) is 16.5. The Morgan fingerprint density at radius 3 is 2.75 bits per heavy atom. The molecule has 1 aromatic carbocycles. The van der Waals surface area contributed by atoms with Crippen molar-refractivity contribution in [1.29, 1.82) is 0 Å². The molecule has 3 aromatic rings. The number of nitrogens with zero attached hydrogens (tertiary/aromatic N) is 2. The fourth-order valence-electron chi connectivity index (χ4n) is 2.76. The Labute approximate surface area is 164 Å². The van der Waals surface area contributed by atoms with E-state index in [1.54, 1.807) is 38.1 Å². The number of carbonyl (C=O) groups is 2. The quantitative estimate of drug-likeness (QED) is 0.638. The normalized spacial score (nSPS) is 10.7. The van der Waals surface area contributed by atoms with Gasteiger partial charge in [-0.05, 0) is 31.5 Å². The molecule has 0 saturated carbocycles. The Bertz CT molecular complexity index is 1100. The molecule has 1 amide bonds. The highest BCUT2D eigenvalue weighted by Crippen LogP contribution is 2.27. The number of benzene rings is 1. The molecule has 1 N–H and O–H groups in total. The number of aryl methyl sites for hydroxylation is 1. The van der Waals surface area contributed by atoms with Crippen LogP contribution in [0.25, 0.3) is 10.2 Å². The minimum atomic E-state index is -0.483. The lowest BCUT2D eigenvalue weighted by Gasteiger charge is -2.10. The van der Waals surface area contributed by atoms with E-state index in [2.05, 4.69) is 10.3 Å². The van der Waals surface area contributed by atoms with Crippen LogP contribution in [-0.2, 0) is 16.1 Å². The molecule has 0 unspecified atom stereocenters. The van der Waals surface area contributed by atoms with Crippen LogP contribution in [0.15, 0.2) is 35.4 Å². The van der Waals surface area contributed by atoms with Crippen LogP contribution in [0.5, 0.6) is 5.75 Å². The summed E-state index contributed by atoms with van der Waals surface area (Å²) in [4.78, 5) is 42.3. The third kappa shape index (κ3) is 3.74. The SMILES string of the molecule is CCOC(=O)c1sc2ncn(CC(=O)Nc3ccccc3OC)c(=O)c2c1C. The molecule has 0 spiro atoms. The molecule has 0 atom stereocenters. The third-order valence-corrected chi connectivity index (χ3v) is 5.25. The second-order valence-electron chi connectivity index (χ2n) is 5.88. The van der Waals surface area contributed by atoms with Crippen LogP contribution in [0.4, 0.5) is 5.69 Å². The van der Waals surface area contributed by atoms with Gasteiger partial charge in [-0.25, -0.2) is 9.78 Å². The summed E-state index contributed by atoms with van der Waals surface area (Å²) in [7, 11) is 1.51. The fourth-order valence-corrected chi connectivity index (χ4v) is 3.79. The minimum Gasteiger partial charge on any atom is -0.495 e. The smallest absolute Gasteiger partial charge is 0.348 e. The number of aromatic nitrogens is 2. The van der Waals surface area contributed by atoms with E-state index >= 15 is 0 Å². The zero-order chi connectivity index (χ0) is 20.3. The zero-order valence-electron chi connectivity index (χ0n) is 15.6. The van der Waals surface area contributed by atoms with Crippen molar-refractivity contribution in [2.24, 2.45) is 0 Å². The summed E-state index contributed by atoms with van der Waals surface area (Å²) in [6.07, 6.45) is 1.30. The van der Waals surface area contributed by atoms with Crippen LogP contribution < -0.4 is 15.6 Å². The van der Waals surface area contributed by atoms with Gasteiger partial charge in [0.2, 0.25) is 5.91 Å². The van der Waals surface area contributed by atoms with E-state index in [4.69, 9.17) is 9.47 Å². The molecule has 0 fully saturated rings. The van der Waals surface area contributed by atoms with Crippen LogP contribution in [0.3, 0.4) is 0 Å². The lowest BCUT2D eigenvalue weighted by atomic mass is 10.2. The predicted octanol–water partition coefficient (Wildman–Crippen LogP) is 2.59. The molecule has 8 nitrogen and oxygen atoms in total. The monoisotopic (exact) mass is 401 g/mol. The van der Waals surface area contributed by atoms with Crippen molar-refractivity contribution in [1.82, 2.24) is 9.55 Å². The van der Waals surface area contributed by atoms with Gasteiger partial charge < -0.3 is 14.8 Å². The van der Waals surface area contributed by atoms with E-state index in [0.717, 1.165) is 11.3 Å². The van der Waals surface area contributed by atoms with Crippen LogP contribution in [0.1, 0.15) is 22.2 Å². The molecule has 9 heteroatoms. The second-order valence-corrected chi connectivity index (χ2v) is 6.88. The van der Waals surface area contributed by atoms with Gasteiger partial charge in [0.05, 0.1) is 31.1 Å². The highest BCUT2D eigenvalue weighted by molar-refractivity contribution is 7.20. The van der Waals surface area contributed by atoms with Crippen molar-refractivity contribution >= 4 is 39.1 Å². The van der Waals surface area contributed by atoms with Gasteiger partial charge in [0.15, 0.2) is 0 Å². The number of thiophene rings is 1. The summed E-state index contributed by atoms with van der Waals surface area (Å²) in [5, 5.41) is 3.04. The van der Waals surface area contributed by atoms with Crippen molar-refractivity contribution in [2.75, 3.05) is 19.0 Å². The Hall–Kier alpha value is -3.20. The maximum absolute atomic E-state index is 12.8. The van der Waals surface area contributed by atoms with E-state index < -0.39 is 11.9 Å². The van der Waals surface area contributed by atoms with E-state index in [1.165, 1.54) is 18.0 Å². The minimum absolute atomic E-state index is 0.218. The number of amides is 1. The number of fused-ring (bicyclic) bond motifs is 1. The van der Waals surface area contributed by atoms with Gasteiger partial charge in [-0.2, -0.15) is 0 Å². The number of rotatable bonds is 6. The average molecular weight is 401 g/mol. The van der Waals surface area contributed by atoms with Crippen molar-refractivity contribution in [3.63, 3.8) is 0 Å². The average Bonchev–Trinajstić information content (AvgIpc) is 3.02. The summed E-state index contributed by atoms with van der Waals surface area (Å²) in [5.41, 5.74) is 0.633. The number of methoxy groups -OCH3 is 1. The highest BCUT2D eigenvalue weighted by Gasteiger charge is 2.21. The largest absolute Gasteiger partial charge is 0.495 e. The lowest BCUT2D eigenvalue weighted by molar-refractivity contribution is -0.116. The van der Waals surface area contributed by atoms with Gasteiger partial charge in [-0.15, -0.1) is 11.3 Å². The van der Waals surface area contributed by atoms with Crippen LogP contribution in [-0.4, -0.2) is 35.1 Å². The second kappa shape index (κ2) is 8.22. The van der Waals surface area contributed by atoms with Gasteiger partial charge in [-0.1, -0.05) is 12.1 Å². The van der Waals surface area contributed by atoms with Gasteiger partial charge >= 0.3 is 5.97 Å². The first-order valence-corrected chi connectivity index (χ1v) is 9.36. The van der Waals surface area contributed by atoms with Gasteiger partial charge in [0.1, 0.15) is 22.0 Å². The summed E-state index contributed by atoms with van der Waals surface area (Å²) in [6.45, 7) is 3.41. The molecule has 28 heavy (non-hydrogen) atoms. The number of para-hydroxylation sites is 2. The van der Waals surface area contributed by atoms with Crippen molar-refractivity contribution < 1.29 is 19.1 Å². The first-order chi connectivity index (χ1) is 13.5. The summed E-state index contributed by atoms with van der Waals surface area (Å²) in [6, 6.07) is 6.98. The van der Waals surface area contributed by atoms with E-state index in [0.29, 0.717) is 32.1 Å². The molecule has 0 saturated heterocycles. The molecule has 2 heterocycles. The van der Waals surface area contributed by atoms with Gasteiger partial charge in [0, 0.05) is 0 Å². The summed E-state index contributed by atoms with van der Waals surface area (Å²) < 4.78 is 11.4. The maximum Gasteiger partial charge on any atom is 0.348 e. The molecular weight excluding hydrogens is 382 g/mol. The highest BCUT2D eigenvalue weighted by atomic mass is 32.1. The Morgan fingerprint density at radius 1 is 1.29 bits per heavy atom. The molecular formula is C19H19N3O5S. The molecule has 146 valence electrons. The standard InChI is InChI=1S/C19H19N3O5S/c1-4-27-19(25)16-11(2)15-17(28-16)20-10-22(18(15)24)9-14(23)21-12-7-5-6-8-13(12)26-3/h5-8,10H,4,9H2,1-3H3,(H,21,23). The fraction of sp³-hybridized carbons (Fsp3) is 0.263. The predicted molar refractivity (Wildman–Crippen MR) is 106 cm³/mol. The number of carbonyl (C=O) groups excluding carboxylic acids is 2. The Balaban J connectivity index is 1.88. The maximum atomic E-state index is 12.8. The van der Waals surface area contributed by atoms with Crippen molar-refractivity contribution in [3.05, 3.63) is 51.4 Å². The summed E-state index contributed by atoms with van der Waals surface area (Å²) >= 11 is 1.11. The number of esters is 1. The van der Waals surface area contributed by atoms with Gasteiger partial charge in [-0.3, -0.25) is 14.2 Å². The topological polar surface area (TPSA) is 99.5 Å². The van der Waals surface area contributed by atoms with E-state index in [9.17, 15) is 14.4 Å². The Morgan fingerprint density at radius 2 is 2.04 bits per heavy atom. The molecule has 0 aliphatic heterocycles. The van der Waals surface area contributed by atoms with Crippen molar-refractivity contribution in [2.45, 2.75) is 20.4 Å². The third-order valence-electron chi connectivity index (χ3n) is 4.07. The molecule has 3 rings (SSSR count). The van der Waals surface area contributed by atoms with Crippen molar-refractivity contribution in [3.8, 4) is 5.75 Å². The van der Waals surface area contributed by atoms with Crippen LogP contribution in [0.2, 0.25) is 0 Å². The van der Waals surface area contributed by atoms with E-state index in [-0.39, 0.29) is 18.7 Å². The number of anilines is 1. The molecule has 0 aliphatic carbocycles. The molecule has 0 radical (unpaired) electrons. The summed E-state index contributed by atoms with van der Waals surface area (Å²) in [5.74, 6) is -0.362. The number of ether oxygens (including phenoxy) is 2. The van der Waals surface area contributed by atoms with Crippen LogP contribution >= 0.6 is 11.3 Å². The first kappa shape index (κ1) is 19.6. The molecule has 2 aromatic heterocycles. The lowest BCUT2D eigenvalue weighted by Crippen LogP contribution is -2.28. The molecule has 0 aliphatic rings.